The van der Waals surface area contributed by atoms with Crippen molar-refractivity contribution in [3.05, 3.63) is 12.2 Å². The molecule has 17 heavy (non-hydrogen) atoms. The lowest BCUT2D eigenvalue weighted by Gasteiger charge is -2.39. The van der Waals surface area contributed by atoms with Crippen molar-refractivity contribution in [3.8, 4) is 0 Å². The second-order valence-electron chi connectivity index (χ2n) is 4.40. The molecule has 0 amide bonds. The Morgan fingerprint density at radius 3 is 2.82 bits per heavy atom. The van der Waals surface area contributed by atoms with Gasteiger partial charge >= 0.3 is 0 Å². The zero-order valence-corrected chi connectivity index (χ0v) is 10.3. The van der Waals surface area contributed by atoms with Crippen molar-refractivity contribution in [2.75, 3.05) is 20.3 Å². The smallest absolute Gasteiger partial charge is 0.138 e. The van der Waals surface area contributed by atoms with Gasteiger partial charge in [-0.3, -0.25) is 4.68 Å². The Bertz CT molecular complexity index is 361. The Balaban J connectivity index is 2.07. The van der Waals surface area contributed by atoms with Gasteiger partial charge in [0.1, 0.15) is 12.2 Å². The largest absolute Gasteiger partial charge is 0.390 e. The standard InChI is InChI=1S/C11H19N3O3/c1-14-10(12-8-13-14)7-9(15)11(16-2)3-5-17-6-4-11/h8-9,15H,3-7H2,1-2H3. The molecule has 0 aliphatic carbocycles. The summed E-state index contributed by atoms with van der Waals surface area (Å²) in [5.41, 5.74) is -0.510. The average molecular weight is 241 g/mol. The van der Waals surface area contributed by atoms with Crippen molar-refractivity contribution in [2.24, 2.45) is 7.05 Å². The third-order valence-electron chi connectivity index (χ3n) is 3.53. The lowest BCUT2D eigenvalue weighted by molar-refractivity contribution is -0.152. The second-order valence-corrected chi connectivity index (χ2v) is 4.40. The van der Waals surface area contributed by atoms with Crippen LogP contribution in [-0.4, -0.2) is 51.9 Å². The number of methoxy groups -OCH3 is 1. The van der Waals surface area contributed by atoms with Crippen LogP contribution in [0.1, 0.15) is 18.7 Å². The molecule has 2 rings (SSSR count). The summed E-state index contributed by atoms with van der Waals surface area (Å²) in [5, 5.41) is 14.4. The quantitative estimate of drug-likeness (QED) is 0.798. The van der Waals surface area contributed by atoms with E-state index in [9.17, 15) is 5.11 Å². The molecule has 6 heteroatoms. The van der Waals surface area contributed by atoms with E-state index in [1.165, 1.54) is 6.33 Å². The average Bonchev–Trinajstić information content (AvgIpc) is 2.76. The van der Waals surface area contributed by atoms with Gasteiger partial charge in [0, 0.05) is 46.6 Å². The van der Waals surface area contributed by atoms with E-state index >= 15 is 0 Å². The van der Waals surface area contributed by atoms with Crippen LogP contribution in [0.5, 0.6) is 0 Å². The normalized spacial score (nSPS) is 21.4. The first-order chi connectivity index (χ1) is 8.18. The Morgan fingerprint density at radius 1 is 1.59 bits per heavy atom. The highest BCUT2D eigenvalue weighted by atomic mass is 16.5. The van der Waals surface area contributed by atoms with E-state index in [1.807, 2.05) is 7.05 Å². The van der Waals surface area contributed by atoms with Gasteiger partial charge in [0.05, 0.1) is 11.7 Å². The van der Waals surface area contributed by atoms with E-state index in [4.69, 9.17) is 9.47 Å². The zero-order valence-electron chi connectivity index (χ0n) is 10.3. The van der Waals surface area contributed by atoms with Crippen LogP contribution in [0.3, 0.4) is 0 Å². The first-order valence-electron chi connectivity index (χ1n) is 5.82. The minimum Gasteiger partial charge on any atom is -0.390 e. The molecule has 96 valence electrons. The van der Waals surface area contributed by atoms with E-state index < -0.39 is 11.7 Å². The van der Waals surface area contributed by atoms with Crippen molar-refractivity contribution in [3.63, 3.8) is 0 Å². The highest BCUT2D eigenvalue weighted by Crippen LogP contribution is 2.29. The highest BCUT2D eigenvalue weighted by molar-refractivity contribution is 4.97. The fraction of sp³-hybridized carbons (Fsp3) is 0.818. The molecular formula is C11H19N3O3. The van der Waals surface area contributed by atoms with E-state index in [0.29, 0.717) is 32.5 Å². The fourth-order valence-electron chi connectivity index (χ4n) is 2.25. The molecule has 0 radical (unpaired) electrons. The van der Waals surface area contributed by atoms with Crippen molar-refractivity contribution >= 4 is 0 Å². The van der Waals surface area contributed by atoms with Crippen LogP contribution in [0, 0.1) is 0 Å². The van der Waals surface area contributed by atoms with Crippen LogP contribution in [0.15, 0.2) is 6.33 Å². The predicted molar refractivity (Wildman–Crippen MR) is 60.5 cm³/mol. The molecule has 1 aromatic heterocycles. The molecule has 1 saturated heterocycles. The minimum atomic E-state index is -0.584. The highest BCUT2D eigenvalue weighted by Gasteiger charge is 2.40. The van der Waals surface area contributed by atoms with E-state index in [-0.39, 0.29) is 0 Å². The van der Waals surface area contributed by atoms with Gasteiger partial charge in [0.2, 0.25) is 0 Å². The predicted octanol–water partition coefficient (Wildman–Crippen LogP) is -0.0859. The van der Waals surface area contributed by atoms with Gasteiger partial charge < -0.3 is 14.6 Å². The Labute approximate surface area is 101 Å². The maximum atomic E-state index is 10.4. The summed E-state index contributed by atoms with van der Waals surface area (Å²) in [4.78, 5) is 4.12. The number of aryl methyl sites for hydroxylation is 1. The Morgan fingerprint density at radius 2 is 2.29 bits per heavy atom. The van der Waals surface area contributed by atoms with Crippen LogP contribution in [0.25, 0.3) is 0 Å². The maximum Gasteiger partial charge on any atom is 0.138 e. The SMILES string of the molecule is COC1(C(O)Cc2ncnn2C)CCOCC1. The summed E-state index contributed by atoms with van der Waals surface area (Å²) < 4.78 is 12.5. The second kappa shape index (κ2) is 5.12. The lowest BCUT2D eigenvalue weighted by Crippen LogP contribution is -2.49. The molecule has 1 atom stereocenters. The molecule has 0 saturated carbocycles. The van der Waals surface area contributed by atoms with Crippen molar-refractivity contribution in [1.29, 1.82) is 0 Å². The molecule has 1 N–H and O–H groups in total. The summed E-state index contributed by atoms with van der Waals surface area (Å²) >= 11 is 0. The van der Waals surface area contributed by atoms with E-state index in [0.717, 1.165) is 5.82 Å². The number of nitrogens with zero attached hydrogens (tertiary/aromatic N) is 3. The molecule has 1 unspecified atom stereocenters. The fourth-order valence-corrected chi connectivity index (χ4v) is 2.25. The van der Waals surface area contributed by atoms with E-state index in [1.54, 1.807) is 11.8 Å². The first-order valence-corrected chi connectivity index (χ1v) is 5.82. The topological polar surface area (TPSA) is 69.4 Å². The van der Waals surface area contributed by atoms with Crippen LogP contribution in [-0.2, 0) is 22.9 Å². The Hall–Kier alpha value is -0.980. The van der Waals surface area contributed by atoms with E-state index in [2.05, 4.69) is 10.1 Å². The zero-order chi connectivity index (χ0) is 12.3. The Kier molecular flexibility index (Phi) is 3.76. The summed E-state index contributed by atoms with van der Waals surface area (Å²) in [6.07, 6.45) is 2.78. The third kappa shape index (κ3) is 2.48. The van der Waals surface area contributed by atoms with Gasteiger partial charge in [-0.05, 0) is 0 Å². The van der Waals surface area contributed by atoms with Crippen LogP contribution < -0.4 is 0 Å². The number of aliphatic hydroxyl groups excluding tert-OH is 1. The van der Waals surface area contributed by atoms with Gasteiger partial charge in [-0.2, -0.15) is 5.10 Å². The van der Waals surface area contributed by atoms with Gasteiger partial charge in [-0.25, -0.2) is 4.98 Å². The molecule has 0 bridgehead atoms. The van der Waals surface area contributed by atoms with Crippen molar-refractivity contribution in [1.82, 2.24) is 14.8 Å². The van der Waals surface area contributed by atoms with Gasteiger partial charge in [0.15, 0.2) is 0 Å². The molecule has 1 aliphatic heterocycles. The number of hydrogen-bond acceptors (Lipinski definition) is 5. The van der Waals surface area contributed by atoms with Gasteiger partial charge in [-0.1, -0.05) is 0 Å². The lowest BCUT2D eigenvalue weighted by atomic mass is 9.86. The molecule has 0 aromatic carbocycles. The van der Waals surface area contributed by atoms with Crippen molar-refractivity contribution in [2.45, 2.75) is 31.0 Å². The maximum absolute atomic E-state index is 10.4. The molecule has 0 spiro atoms. The van der Waals surface area contributed by atoms with Gasteiger partial charge in [0.25, 0.3) is 0 Å². The van der Waals surface area contributed by atoms with Gasteiger partial charge in [-0.15, -0.1) is 0 Å². The molecule has 2 heterocycles. The third-order valence-corrected chi connectivity index (χ3v) is 3.53. The summed E-state index contributed by atoms with van der Waals surface area (Å²) in [6.45, 7) is 1.26. The summed E-state index contributed by atoms with van der Waals surface area (Å²) in [6, 6.07) is 0. The number of aliphatic hydroxyl groups is 1. The van der Waals surface area contributed by atoms with Crippen LogP contribution in [0.2, 0.25) is 0 Å². The first kappa shape index (κ1) is 12.5. The van der Waals surface area contributed by atoms with Crippen LogP contribution >= 0.6 is 0 Å². The monoisotopic (exact) mass is 241 g/mol. The minimum absolute atomic E-state index is 0.449. The van der Waals surface area contributed by atoms with Crippen molar-refractivity contribution < 1.29 is 14.6 Å². The molecule has 1 aromatic rings. The number of hydrogen-bond donors (Lipinski definition) is 1. The van der Waals surface area contributed by atoms with Crippen LogP contribution in [0.4, 0.5) is 0 Å². The molecule has 1 fully saturated rings. The molecule has 1 aliphatic rings. The number of rotatable bonds is 4. The number of ether oxygens (including phenoxy) is 2. The summed E-state index contributed by atoms with van der Waals surface area (Å²) in [7, 11) is 3.46. The molecule has 6 nitrogen and oxygen atoms in total. The summed E-state index contributed by atoms with van der Waals surface area (Å²) in [5.74, 6) is 0.764. The molecular weight excluding hydrogens is 222 g/mol. The number of aromatic nitrogens is 3.